The third-order valence-electron chi connectivity index (χ3n) is 4.75. The first kappa shape index (κ1) is 14.6. The van der Waals surface area contributed by atoms with E-state index in [2.05, 4.69) is 21.3 Å². The molecule has 0 radical (unpaired) electrons. The zero-order valence-corrected chi connectivity index (χ0v) is 13.6. The van der Waals surface area contributed by atoms with Crippen LogP contribution in [0.2, 0.25) is 5.02 Å². The fourth-order valence-electron chi connectivity index (χ4n) is 3.64. The minimum absolute atomic E-state index is 0.0724. The number of fused-ring (bicyclic) bond motifs is 1. The maximum absolute atomic E-state index is 11.9. The molecule has 0 bridgehead atoms. The molecule has 1 aromatic carbocycles. The first-order chi connectivity index (χ1) is 11.2. The molecule has 23 heavy (non-hydrogen) atoms. The molecule has 2 saturated heterocycles. The third kappa shape index (κ3) is 2.70. The number of aromatic nitrogens is 1. The van der Waals surface area contributed by atoms with Crippen molar-refractivity contribution in [3.05, 3.63) is 35.5 Å². The van der Waals surface area contributed by atoms with Crippen molar-refractivity contribution in [2.45, 2.75) is 18.9 Å². The molecule has 2 aliphatic rings. The van der Waals surface area contributed by atoms with Crippen molar-refractivity contribution in [3.8, 4) is 0 Å². The Bertz CT molecular complexity index is 750. The monoisotopic (exact) mass is 330 g/mol. The lowest BCUT2D eigenvalue weighted by Gasteiger charge is -2.38. The van der Waals surface area contributed by atoms with Gasteiger partial charge in [0.2, 0.25) is 0 Å². The highest BCUT2D eigenvalue weighted by Crippen LogP contribution is 2.30. The van der Waals surface area contributed by atoms with Gasteiger partial charge in [-0.25, -0.2) is 4.79 Å². The highest BCUT2D eigenvalue weighted by atomic mass is 35.5. The molecule has 6 heteroatoms. The second-order valence-electron chi connectivity index (χ2n) is 6.16. The van der Waals surface area contributed by atoms with Crippen molar-refractivity contribution < 1.29 is 4.79 Å². The summed E-state index contributed by atoms with van der Waals surface area (Å²) in [6.45, 7) is 3.44. The van der Waals surface area contributed by atoms with Gasteiger partial charge >= 0.3 is 6.03 Å². The first-order valence-electron chi connectivity index (χ1n) is 8.06. The lowest BCUT2D eigenvalue weighted by Crippen LogP contribution is -2.49. The minimum atomic E-state index is 0.0724. The molecule has 1 N–H and O–H groups in total. The Morgan fingerprint density at radius 1 is 1.26 bits per heavy atom. The highest BCUT2D eigenvalue weighted by molar-refractivity contribution is 6.31. The van der Waals surface area contributed by atoms with Gasteiger partial charge in [-0.15, -0.1) is 0 Å². The molecule has 2 aliphatic heterocycles. The normalized spacial score (nSPS) is 21.8. The summed E-state index contributed by atoms with van der Waals surface area (Å²) in [6.07, 6.45) is 3.99. The Labute approximate surface area is 140 Å². The quantitative estimate of drug-likeness (QED) is 0.921. The smallest absolute Gasteiger partial charge is 0.317 e. The summed E-state index contributed by atoms with van der Waals surface area (Å²) < 4.78 is 0. The summed E-state index contributed by atoms with van der Waals surface area (Å²) in [5, 5.41) is 4.72. The summed E-state index contributed by atoms with van der Waals surface area (Å²) in [6, 6.07) is 8.25. The van der Waals surface area contributed by atoms with Crippen LogP contribution in [0.25, 0.3) is 10.9 Å². The molecule has 1 aromatic heterocycles. The Morgan fingerprint density at radius 2 is 2.17 bits per heavy atom. The van der Waals surface area contributed by atoms with Crippen molar-refractivity contribution in [3.63, 3.8) is 0 Å². The molecular formula is C17H19ClN4O. The maximum atomic E-state index is 11.9. The number of piperidine rings is 1. The second-order valence-corrected chi connectivity index (χ2v) is 6.60. The number of rotatable bonds is 2. The van der Waals surface area contributed by atoms with E-state index >= 15 is 0 Å². The topological polar surface area (TPSA) is 48.5 Å². The summed E-state index contributed by atoms with van der Waals surface area (Å²) in [7, 11) is 0. The van der Waals surface area contributed by atoms with E-state index in [0.717, 1.165) is 49.9 Å². The van der Waals surface area contributed by atoms with Gasteiger partial charge in [0.05, 0.1) is 11.6 Å². The number of nitrogens with zero attached hydrogens (tertiary/aromatic N) is 3. The van der Waals surface area contributed by atoms with E-state index in [4.69, 9.17) is 11.6 Å². The SMILES string of the molecule is O=C1NCCN1C1CCCN(c2ccnc3cc(Cl)ccc23)C1. The van der Waals surface area contributed by atoms with E-state index in [9.17, 15) is 4.79 Å². The Balaban J connectivity index is 1.64. The van der Waals surface area contributed by atoms with E-state index < -0.39 is 0 Å². The van der Waals surface area contributed by atoms with Gasteiger partial charge in [0.25, 0.3) is 0 Å². The van der Waals surface area contributed by atoms with Crippen molar-refractivity contribution in [2.75, 3.05) is 31.1 Å². The molecule has 2 amide bonds. The fourth-order valence-corrected chi connectivity index (χ4v) is 3.81. The minimum Gasteiger partial charge on any atom is -0.369 e. The summed E-state index contributed by atoms with van der Waals surface area (Å²) in [4.78, 5) is 20.7. The van der Waals surface area contributed by atoms with E-state index in [1.807, 2.05) is 29.3 Å². The summed E-state index contributed by atoms with van der Waals surface area (Å²) >= 11 is 6.08. The van der Waals surface area contributed by atoms with Crippen molar-refractivity contribution in [2.24, 2.45) is 0 Å². The highest BCUT2D eigenvalue weighted by Gasteiger charge is 2.31. The van der Waals surface area contributed by atoms with Crippen LogP contribution in [0.15, 0.2) is 30.5 Å². The van der Waals surface area contributed by atoms with Crippen molar-refractivity contribution >= 4 is 34.2 Å². The van der Waals surface area contributed by atoms with Crippen LogP contribution in [0.4, 0.5) is 10.5 Å². The number of urea groups is 1. The van der Waals surface area contributed by atoms with E-state index in [1.165, 1.54) is 5.69 Å². The molecule has 120 valence electrons. The van der Waals surface area contributed by atoms with E-state index in [-0.39, 0.29) is 12.1 Å². The molecule has 0 aliphatic carbocycles. The van der Waals surface area contributed by atoms with Gasteiger partial charge in [-0.3, -0.25) is 4.98 Å². The zero-order valence-electron chi connectivity index (χ0n) is 12.8. The van der Waals surface area contributed by atoms with Gasteiger partial charge in [-0.05, 0) is 37.1 Å². The van der Waals surface area contributed by atoms with Crippen LogP contribution in [0.1, 0.15) is 12.8 Å². The summed E-state index contributed by atoms with van der Waals surface area (Å²) in [5.41, 5.74) is 2.09. The number of amides is 2. The average molecular weight is 331 g/mol. The molecular weight excluding hydrogens is 312 g/mol. The number of hydrogen-bond acceptors (Lipinski definition) is 3. The number of carbonyl (C=O) groups is 1. The predicted octanol–water partition coefficient (Wildman–Crippen LogP) is 2.88. The van der Waals surface area contributed by atoms with Crippen LogP contribution in [0, 0.1) is 0 Å². The Morgan fingerprint density at radius 3 is 3.00 bits per heavy atom. The maximum Gasteiger partial charge on any atom is 0.317 e. The van der Waals surface area contributed by atoms with Crippen LogP contribution >= 0.6 is 11.6 Å². The Kier molecular flexibility index (Phi) is 3.73. The summed E-state index contributed by atoms with van der Waals surface area (Å²) in [5.74, 6) is 0. The lowest BCUT2D eigenvalue weighted by molar-refractivity contribution is 0.189. The largest absolute Gasteiger partial charge is 0.369 e. The van der Waals surface area contributed by atoms with Gasteiger partial charge in [-0.2, -0.15) is 0 Å². The molecule has 4 rings (SSSR count). The predicted molar refractivity (Wildman–Crippen MR) is 92.1 cm³/mol. The van der Waals surface area contributed by atoms with Crippen molar-refractivity contribution in [1.82, 2.24) is 15.2 Å². The number of pyridine rings is 1. The number of carbonyl (C=O) groups excluding carboxylic acids is 1. The molecule has 0 saturated carbocycles. The Hall–Kier alpha value is -2.01. The van der Waals surface area contributed by atoms with Crippen LogP contribution < -0.4 is 10.2 Å². The zero-order chi connectivity index (χ0) is 15.8. The number of halogens is 1. The lowest BCUT2D eigenvalue weighted by atomic mass is 10.0. The number of hydrogen-bond donors (Lipinski definition) is 1. The van der Waals surface area contributed by atoms with Gasteiger partial charge in [0.1, 0.15) is 0 Å². The third-order valence-corrected chi connectivity index (χ3v) is 4.98. The molecule has 2 fully saturated rings. The van der Waals surface area contributed by atoms with Crippen LogP contribution in [-0.2, 0) is 0 Å². The molecule has 1 unspecified atom stereocenters. The van der Waals surface area contributed by atoms with Gasteiger partial charge in [0.15, 0.2) is 0 Å². The second kappa shape index (κ2) is 5.89. The number of benzene rings is 1. The number of anilines is 1. The molecule has 1 atom stereocenters. The van der Waals surface area contributed by atoms with Crippen LogP contribution in [0.5, 0.6) is 0 Å². The first-order valence-corrected chi connectivity index (χ1v) is 8.44. The average Bonchev–Trinajstić information content (AvgIpc) is 3.00. The van der Waals surface area contributed by atoms with Crippen LogP contribution in [0.3, 0.4) is 0 Å². The number of nitrogens with one attached hydrogen (secondary N) is 1. The van der Waals surface area contributed by atoms with E-state index in [1.54, 1.807) is 0 Å². The van der Waals surface area contributed by atoms with Gasteiger partial charge in [-0.1, -0.05) is 11.6 Å². The van der Waals surface area contributed by atoms with E-state index in [0.29, 0.717) is 5.02 Å². The van der Waals surface area contributed by atoms with Gasteiger partial charge < -0.3 is 15.1 Å². The molecule has 3 heterocycles. The molecule has 0 spiro atoms. The van der Waals surface area contributed by atoms with Crippen molar-refractivity contribution in [1.29, 1.82) is 0 Å². The van der Waals surface area contributed by atoms with Crippen LogP contribution in [-0.4, -0.2) is 48.1 Å². The molecule has 2 aromatic rings. The molecule has 5 nitrogen and oxygen atoms in total. The van der Waals surface area contributed by atoms with Gasteiger partial charge in [0, 0.05) is 48.5 Å². The standard InChI is InChI=1S/C17H19ClN4O/c18-12-3-4-14-15(10-12)19-6-5-16(14)21-8-1-2-13(11-21)22-9-7-20-17(22)23/h3-6,10,13H,1-2,7-9,11H2,(H,20,23). The fraction of sp³-hybridized carbons (Fsp3) is 0.412.